The van der Waals surface area contributed by atoms with Gasteiger partial charge >= 0.3 is 6.09 Å². The summed E-state index contributed by atoms with van der Waals surface area (Å²) in [5.74, 6) is -0.861. The molecule has 1 aromatic rings. The lowest BCUT2D eigenvalue weighted by Gasteiger charge is -2.31. The number of benzene rings is 1. The summed E-state index contributed by atoms with van der Waals surface area (Å²) >= 11 is 5.74. The molecule has 0 aromatic heterocycles. The van der Waals surface area contributed by atoms with Crippen molar-refractivity contribution in [3.05, 3.63) is 35.9 Å². The van der Waals surface area contributed by atoms with Gasteiger partial charge in [-0.2, -0.15) is 0 Å². The van der Waals surface area contributed by atoms with Gasteiger partial charge in [-0.3, -0.25) is 9.59 Å². The van der Waals surface area contributed by atoms with E-state index in [2.05, 4.69) is 10.6 Å². The minimum absolute atomic E-state index is 0.0360. The van der Waals surface area contributed by atoms with Gasteiger partial charge in [0.05, 0.1) is 18.1 Å². The summed E-state index contributed by atoms with van der Waals surface area (Å²) in [6.07, 6.45) is -0.559. The summed E-state index contributed by atoms with van der Waals surface area (Å²) in [5.41, 5.74) is 0.854. The lowest BCUT2D eigenvalue weighted by molar-refractivity contribution is -0.132. The van der Waals surface area contributed by atoms with Crippen LogP contribution in [0, 0.1) is 11.8 Å². The van der Waals surface area contributed by atoms with Crippen molar-refractivity contribution in [2.24, 2.45) is 11.8 Å². The van der Waals surface area contributed by atoms with Crippen LogP contribution in [-0.2, 0) is 20.9 Å². The molecule has 31 heavy (non-hydrogen) atoms. The van der Waals surface area contributed by atoms with Crippen molar-refractivity contribution in [3.63, 3.8) is 0 Å². The summed E-state index contributed by atoms with van der Waals surface area (Å²) in [7, 11) is 0. The van der Waals surface area contributed by atoms with Crippen LogP contribution in [0.25, 0.3) is 0 Å². The van der Waals surface area contributed by atoms with Gasteiger partial charge in [0.1, 0.15) is 12.5 Å². The zero-order valence-electron chi connectivity index (χ0n) is 18.1. The number of aliphatic hydroxyl groups excluding tert-OH is 1. The summed E-state index contributed by atoms with van der Waals surface area (Å²) in [6, 6.07) is 8.67. The van der Waals surface area contributed by atoms with Gasteiger partial charge in [0.2, 0.25) is 11.8 Å². The Labute approximate surface area is 188 Å². The number of rotatable bonds is 11. The molecule has 3 atom stereocenters. The molecule has 1 aliphatic rings. The molecule has 172 valence electrons. The highest BCUT2D eigenvalue weighted by atomic mass is 35.5. The Morgan fingerprint density at radius 1 is 1.32 bits per heavy atom. The van der Waals surface area contributed by atoms with E-state index in [1.165, 1.54) is 4.90 Å². The van der Waals surface area contributed by atoms with Gasteiger partial charge in [-0.05, 0) is 24.3 Å². The molecule has 3 N–H and O–H groups in total. The number of ether oxygens (including phenoxy) is 1. The molecule has 1 aliphatic heterocycles. The molecule has 2 rings (SSSR count). The maximum atomic E-state index is 12.3. The van der Waals surface area contributed by atoms with Crippen LogP contribution in [0.4, 0.5) is 4.79 Å². The fourth-order valence-electron chi connectivity index (χ4n) is 3.54. The maximum absolute atomic E-state index is 12.3. The van der Waals surface area contributed by atoms with E-state index < -0.39 is 18.2 Å². The lowest BCUT2D eigenvalue weighted by Crippen LogP contribution is -2.51. The summed E-state index contributed by atoms with van der Waals surface area (Å²) in [6.45, 7) is 4.78. The highest BCUT2D eigenvalue weighted by Gasteiger charge is 2.31. The first-order chi connectivity index (χ1) is 14.8. The lowest BCUT2D eigenvalue weighted by atomic mass is 9.98. The number of nitrogens with one attached hydrogen (secondary N) is 2. The number of aliphatic hydroxyl groups is 1. The third-order valence-electron chi connectivity index (χ3n) is 5.18. The Kier molecular flexibility index (Phi) is 10.1. The molecule has 0 aliphatic carbocycles. The number of alkyl halides is 1. The Balaban J connectivity index is 1.98. The molecule has 8 nitrogen and oxygen atoms in total. The maximum Gasteiger partial charge on any atom is 0.407 e. The van der Waals surface area contributed by atoms with Crippen LogP contribution in [0.15, 0.2) is 30.3 Å². The molecule has 0 saturated carbocycles. The first-order valence-corrected chi connectivity index (χ1v) is 11.1. The highest BCUT2D eigenvalue weighted by Crippen LogP contribution is 2.15. The number of carbonyl (C=O) groups excluding carboxylic acids is 3. The van der Waals surface area contributed by atoms with Gasteiger partial charge in [-0.1, -0.05) is 44.2 Å². The number of nitrogens with zero attached hydrogens (tertiary/aromatic N) is 1. The van der Waals surface area contributed by atoms with Gasteiger partial charge in [0.25, 0.3) is 0 Å². The fourth-order valence-corrected chi connectivity index (χ4v) is 3.71. The minimum Gasteiger partial charge on any atom is -0.445 e. The van der Waals surface area contributed by atoms with Crippen LogP contribution in [0.2, 0.25) is 0 Å². The van der Waals surface area contributed by atoms with Crippen LogP contribution >= 0.6 is 11.6 Å². The van der Waals surface area contributed by atoms with E-state index in [1.54, 1.807) is 0 Å². The SMILES string of the molecule is CC(C)C[C@H](NC(=O)OCc1ccccc1)[C@@H](O)CN(C[C@@H]1CCNC1=O)C(=O)CCl. The average molecular weight is 454 g/mol. The number of hydrogen-bond donors (Lipinski definition) is 3. The predicted molar refractivity (Wildman–Crippen MR) is 117 cm³/mol. The van der Waals surface area contributed by atoms with Gasteiger partial charge < -0.3 is 25.4 Å². The van der Waals surface area contributed by atoms with E-state index in [0.29, 0.717) is 19.4 Å². The number of hydrogen-bond acceptors (Lipinski definition) is 5. The topological polar surface area (TPSA) is 108 Å². The number of carbonyl (C=O) groups is 3. The molecule has 1 aromatic carbocycles. The summed E-state index contributed by atoms with van der Waals surface area (Å²) < 4.78 is 5.27. The number of halogens is 1. The van der Waals surface area contributed by atoms with E-state index in [9.17, 15) is 19.5 Å². The quantitative estimate of drug-likeness (QED) is 0.443. The molecule has 0 radical (unpaired) electrons. The molecule has 0 bridgehead atoms. The number of amides is 3. The fraction of sp³-hybridized carbons (Fsp3) is 0.591. The van der Waals surface area contributed by atoms with Gasteiger partial charge in [-0.15, -0.1) is 11.6 Å². The first-order valence-electron chi connectivity index (χ1n) is 10.6. The highest BCUT2D eigenvalue weighted by molar-refractivity contribution is 6.27. The van der Waals surface area contributed by atoms with E-state index in [0.717, 1.165) is 5.56 Å². The summed E-state index contributed by atoms with van der Waals surface area (Å²) in [4.78, 5) is 37.9. The van der Waals surface area contributed by atoms with Crippen molar-refractivity contribution in [3.8, 4) is 0 Å². The Bertz CT molecular complexity index is 731. The van der Waals surface area contributed by atoms with E-state index >= 15 is 0 Å². The second-order valence-corrected chi connectivity index (χ2v) is 8.49. The minimum atomic E-state index is -1.04. The predicted octanol–water partition coefficient (Wildman–Crippen LogP) is 1.89. The molecular formula is C22H32ClN3O5. The Morgan fingerprint density at radius 3 is 2.61 bits per heavy atom. The normalized spacial score (nSPS) is 17.7. The van der Waals surface area contributed by atoms with Crippen molar-refractivity contribution >= 4 is 29.5 Å². The zero-order chi connectivity index (χ0) is 22.8. The van der Waals surface area contributed by atoms with Gasteiger partial charge in [0, 0.05) is 19.6 Å². The molecule has 9 heteroatoms. The van der Waals surface area contributed by atoms with Crippen molar-refractivity contribution < 1.29 is 24.2 Å². The van der Waals surface area contributed by atoms with E-state index in [1.807, 2.05) is 44.2 Å². The molecule has 1 heterocycles. The van der Waals surface area contributed by atoms with Gasteiger partial charge in [0.15, 0.2) is 0 Å². The number of alkyl carbamates (subject to hydrolysis) is 1. The van der Waals surface area contributed by atoms with Crippen molar-refractivity contribution in [1.82, 2.24) is 15.5 Å². The van der Waals surface area contributed by atoms with E-state index in [4.69, 9.17) is 16.3 Å². The van der Waals surface area contributed by atoms with Crippen molar-refractivity contribution in [1.29, 1.82) is 0 Å². The Morgan fingerprint density at radius 2 is 2.03 bits per heavy atom. The van der Waals surface area contributed by atoms with Crippen LogP contribution in [0.1, 0.15) is 32.3 Å². The average Bonchev–Trinajstić information content (AvgIpc) is 3.15. The molecular weight excluding hydrogens is 422 g/mol. The van der Waals surface area contributed by atoms with Gasteiger partial charge in [-0.25, -0.2) is 4.79 Å². The summed E-state index contributed by atoms with van der Waals surface area (Å²) in [5, 5.41) is 16.3. The standard InChI is InChI=1S/C22H32ClN3O5/c1-15(2)10-18(25-22(30)31-14-16-6-4-3-5-7-16)19(27)13-26(20(28)11-23)12-17-8-9-24-21(17)29/h3-7,15,17-19,27H,8-14H2,1-2H3,(H,24,29)(H,25,30)/t17-,18-,19-/m0/s1. The molecule has 3 amide bonds. The largest absolute Gasteiger partial charge is 0.445 e. The van der Waals surface area contributed by atoms with E-state index in [-0.39, 0.29) is 49.2 Å². The molecule has 1 saturated heterocycles. The Hall–Kier alpha value is -2.32. The van der Waals surface area contributed by atoms with Crippen molar-refractivity contribution in [2.45, 2.75) is 45.4 Å². The molecule has 1 fully saturated rings. The van der Waals surface area contributed by atoms with Crippen LogP contribution in [-0.4, -0.2) is 65.6 Å². The van der Waals surface area contributed by atoms with Crippen molar-refractivity contribution in [2.75, 3.05) is 25.5 Å². The zero-order valence-corrected chi connectivity index (χ0v) is 18.8. The third kappa shape index (κ3) is 8.38. The monoisotopic (exact) mass is 453 g/mol. The second kappa shape index (κ2) is 12.5. The molecule has 0 unspecified atom stereocenters. The molecule has 0 spiro atoms. The van der Waals surface area contributed by atoms with Crippen LogP contribution in [0.3, 0.4) is 0 Å². The first kappa shape index (κ1) is 24.9. The second-order valence-electron chi connectivity index (χ2n) is 8.22. The van der Waals surface area contributed by atoms with Crippen LogP contribution in [0.5, 0.6) is 0 Å². The smallest absolute Gasteiger partial charge is 0.407 e. The van der Waals surface area contributed by atoms with Crippen LogP contribution < -0.4 is 10.6 Å². The third-order valence-corrected chi connectivity index (χ3v) is 5.41.